The van der Waals surface area contributed by atoms with Crippen molar-refractivity contribution in [2.45, 2.75) is 0 Å². The van der Waals surface area contributed by atoms with Crippen LogP contribution in [0.3, 0.4) is 0 Å². The maximum absolute atomic E-state index is 9.46. The third-order valence-corrected chi connectivity index (χ3v) is 4.11. The molecule has 20 heavy (non-hydrogen) atoms. The fraction of sp³-hybridized carbons (Fsp3) is 0. The molecule has 0 aliphatic rings. The van der Waals surface area contributed by atoms with Crippen LogP contribution in [0.4, 0.5) is 0 Å². The van der Waals surface area contributed by atoms with E-state index in [1.165, 1.54) is 11.5 Å². The molecule has 2 nitrogen and oxygen atoms in total. The van der Waals surface area contributed by atoms with Gasteiger partial charge in [0.15, 0.2) is 0 Å². The summed E-state index contributed by atoms with van der Waals surface area (Å²) in [6, 6.07) is 19.5. The molecule has 0 atom stereocenters. The number of aromatic nitrogens is 1. The summed E-state index contributed by atoms with van der Waals surface area (Å²) < 4.78 is 4.44. The predicted octanol–water partition coefficient (Wildman–Crippen LogP) is 5.00. The average Bonchev–Trinajstić information content (AvgIpc) is 2.93. The van der Waals surface area contributed by atoms with Crippen molar-refractivity contribution < 1.29 is 0 Å². The van der Waals surface area contributed by atoms with Gasteiger partial charge < -0.3 is 0 Å². The van der Waals surface area contributed by atoms with Gasteiger partial charge >= 0.3 is 0 Å². The van der Waals surface area contributed by atoms with Crippen LogP contribution in [0.5, 0.6) is 0 Å². The summed E-state index contributed by atoms with van der Waals surface area (Å²) in [5.74, 6) is 0. The van der Waals surface area contributed by atoms with Crippen LogP contribution >= 0.6 is 23.1 Å². The molecule has 0 unspecified atom stereocenters. The first-order valence-corrected chi connectivity index (χ1v) is 7.16. The van der Waals surface area contributed by atoms with E-state index >= 15 is 0 Å². The standard InChI is InChI=1S/C16H9ClN2S/c17-13-8-6-11(7-9-13)15-14(10-18)16(20-19-15)12-4-2-1-3-5-12/h1-9H. The highest BCUT2D eigenvalue weighted by Gasteiger charge is 2.16. The molecule has 96 valence electrons. The van der Waals surface area contributed by atoms with Crippen LogP contribution in [0.25, 0.3) is 21.7 Å². The Hall–Kier alpha value is -2.15. The molecule has 0 saturated heterocycles. The lowest BCUT2D eigenvalue weighted by Gasteiger charge is -1.99. The highest BCUT2D eigenvalue weighted by molar-refractivity contribution is 7.10. The van der Waals surface area contributed by atoms with Crippen molar-refractivity contribution in [2.24, 2.45) is 0 Å². The molecule has 3 aromatic rings. The Morgan fingerprint density at radius 1 is 0.950 bits per heavy atom. The Morgan fingerprint density at radius 2 is 1.65 bits per heavy atom. The Kier molecular flexibility index (Phi) is 3.51. The molecule has 3 rings (SSSR count). The average molecular weight is 297 g/mol. The summed E-state index contributed by atoms with van der Waals surface area (Å²) in [6.45, 7) is 0. The summed E-state index contributed by atoms with van der Waals surface area (Å²) in [5, 5.41) is 10.1. The van der Waals surface area contributed by atoms with Gasteiger partial charge in [-0.15, -0.1) is 0 Å². The van der Waals surface area contributed by atoms with Crippen molar-refractivity contribution in [2.75, 3.05) is 0 Å². The molecule has 2 aromatic carbocycles. The normalized spacial score (nSPS) is 10.2. The van der Waals surface area contributed by atoms with Crippen LogP contribution in [0.2, 0.25) is 5.02 Å². The first-order valence-electron chi connectivity index (χ1n) is 6.00. The number of rotatable bonds is 2. The minimum Gasteiger partial charge on any atom is -0.192 e. The number of halogens is 1. The minimum atomic E-state index is 0.614. The van der Waals surface area contributed by atoms with E-state index < -0.39 is 0 Å². The van der Waals surface area contributed by atoms with Gasteiger partial charge in [-0.2, -0.15) is 9.64 Å². The van der Waals surface area contributed by atoms with Gasteiger partial charge in [0.25, 0.3) is 0 Å². The van der Waals surface area contributed by atoms with Crippen molar-refractivity contribution in [1.82, 2.24) is 4.37 Å². The van der Waals surface area contributed by atoms with Gasteiger partial charge in [-0.1, -0.05) is 54.1 Å². The van der Waals surface area contributed by atoms with Crippen molar-refractivity contribution in [1.29, 1.82) is 5.26 Å². The Bertz CT molecular complexity index is 770. The molecule has 0 saturated carbocycles. The highest BCUT2D eigenvalue weighted by atomic mass is 35.5. The van der Waals surface area contributed by atoms with Gasteiger partial charge in [0.2, 0.25) is 0 Å². The molecule has 0 aliphatic heterocycles. The summed E-state index contributed by atoms with van der Waals surface area (Å²) in [6.07, 6.45) is 0. The van der Waals surface area contributed by atoms with Crippen LogP contribution in [-0.4, -0.2) is 4.37 Å². The van der Waals surface area contributed by atoms with E-state index in [1.54, 1.807) is 12.1 Å². The zero-order valence-electron chi connectivity index (χ0n) is 10.4. The molecule has 0 radical (unpaired) electrons. The molecule has 4 heteroatoms. The molecular weight excluding hydrogens is 288 g/mol. The Balaban J connectivity index is 2.13. The molecule has 1 aromatic heterocycles. The van der Waals surface area contributed by atoms with Gasteiger partial charge in [-0.3, -0.25) is 0 Å². The highest BCUT2D eigenvalue weighted by Crippen LogP contribution is 2.35. The third-order valence-electron chi connectivity index (χ3n) is 2.96. The molecule has 1 heterocycles. The smallest absolute Gasteiger partial charge is 0.103 e. The van der Waals surface area contributed by atoms with Crippen LogP contribution in [-0.2, 0) is 0 Å². The summed E-state index contributed by atoms with van der Waals surface area (Å²) in [5.41, 5.74) is 3.25. The first-order chi connectivity index (χ1) is 9.79. The topological polar surface area (TPSA) is 36.7 Å². The molecule has 0 N–H and O–H groups in total. The van der Waals surface area contributed by atoms with Crippen molar-refractivity contribution in [3.05, 3.63) is 65.2 Å². The monoisotopic (exact) mass is 296 g/mol. The fourth-order valence-electron chi connectivity index (χ4n) is 1.99. The maximum atomic E-state index is 9.46. The molecule has 0 amide bonds. The van der Waals surface area contributed by atoms with E-state index in [1.807, 2.05) is 42.5 Å². The Morgan fingerprint density at radius 3 is 2.30 bits per heavy atom. The molecule has 0 spiro atoms. The summed E-state index contributed by atoms with van der Waals surface area (Å²) in [7, 11) is 0. The first kappa shape index (κ1) is 12.9. The lowest BCUT2D eigenvalue weighted by atomic mass is 10.0. The van der Waals surface area contributed by atoms with Crippen molar-refractivity contribution in [3.63, 3.8) is 0 Å². The largest absolute Gasteiger partial charge is 0.192 e. The SMILES string of the molecule is N#Cc1c(-c2ccc(Cl)cc2)nsc1-c1ccccc1. The van der Waals surface area contributed by atoms with Crippen molar-refractivity contribution >= 4 is 23.1 Å². The van der Waals surface area contributed by atoms with Crippen LogP contribution < -0.4 is 0 Å². The van der Waals surface area contributed by atoms with Gasteiger partial charge in [0.1, 0.15) is 11.8 Å². The lowest BCUT2D eigenvalue weighted by molar-refractivity contribution is 1.46. The molecular formula is C16H9ClN2S. The summed E-state index contributed by atoms with van der Waals surface area (Å²) in [4.78, 5) is 0.901. The number of hydrogen-bond donors (Lipinski definition) is 0. The molecule has 0 aliphatic carbocycles. The minimum absolute atomic E-state index is 0.614. The second kappa shape index (κ2) is 5.46. The van der Waals surface area contributed by atoms with E-state index in [-0.39, 0.29) is 0 Å². The number of nitriles is 1. The second-order valence-corrected chi connectivity index (χ2v) is 5.43. The van der Waals surface area contributed by atoms with E-state index in [9.17, 15) is 5.26 Å². The zero-order valence-corrected chi connectivity index (χ0v) is 11.9. The van der Waals surface area contributed by atoms with Gasteiger partial charge in [-0.25, -0.2) is 0 Å². The van der Waals surface area contributed by atoms with Gasteiger partial charge in [0, 0.05) is 10.6 Å². The third kappa shape index (κ3) is 2.32. The van der Waals surface area contributed by atoms with E-state index in [4.69, 9.17) is 11.6 Å². The predicted molar refractivity (Wildman–Crippen MR) is 82.7 cm³/mol. The number of benzene rings is 2. The quantitative estimate of drug-likeness (QED) is 0.667. The fourth-order valence-corrected chi connectivity index (χ4v) is 2.97. The summed E-state index contributed by atoms with van der Waals surface area (Å²) >= 11 is 7.24. The lowest BCUT2D eigenvalue weighted by Crippen LogP contribution is -1.83. The van der Waals surface area contributed by atoms with E-state index in [0.717, 1.165) is 16.0 Å². The van der Waals surface area contributed by atoms with Crippen LogP contribution in [0.15, 0.2) is 54.6 Å². The number of hydrogen-bond acceptors (Lipinski definition) is 3. The Labute approximate surface area is 126 Å². The zero-order chi connectivity index (χ0) is 13.9. The second-order valence-electron chi connectivity index (χ2n) is 4.22. The van der Waals surface area contributed by atoms with E-state index in [0.29, 0.717) is 16.3 Å². The van der Waals surface area contributed by atoms with Crippen LogP contribution in [0.1, 0.15) is 5.56 Å². The molecule has 0 bridgehead atoms. The van der Waals surface area contributed by atoms with Crippen molar-refractivity contribution in [3.8, 4) is 27.8 Å². The molecule has 0 fully saturated rings. The maximum Gasteiger partial charge on any atom is 0.103 e. The van der Waals surface area contributed by atoms with Gasteiger partial charge in [0.05, 0.1) is 10.4 Å². The van der Waals surface area contributed by atoms with Gasteiger partial charge in [-0.05, 0) is 29.2 Å². The van der Waals surface area contributed by atoms with Crippen LogP contribution in [0, 0.1) is 11.3 Å². The number of nitrogens with zero attached hydrogens (tertiary/aromatic N) is 2. The van der Waals surface area contributed by atoms with E-state index in [2.05, 4.69) is 10.4 Å².